The number of nitrogens with zero attached hydrogens (tertiary/aromatic N) is 3. The van der Waals surface area contributed by atoms with E-state index < -0.39 is 10.0 Å². The zero-order valence-electron chi connectivity index (χ0n) is 14.6. The van der Waals surface area contributed by atoms with E-state index in [9.17, 15) is 8.42 Å². The molecule has 1 saturated heterocycles. The Bertz CT molecular complexity index is 649. The summed E-state index contributed by atoms with van der Waals surface area (Å²) < 4.78 is 25.4. The quantitative estimate of drug-likeness (QED) is 0.578. The molecule has 1 aromatic rings. The van der Waals surface area contributed by atoms with Crippen molar-refractivity contribution in [2.45, 2.75) is 45.7 Å². The molecule has 1 aromatic heterocycles. The number of nitrogens with one attached hydrogen (secondary N) is 2. The first kappa shape index (κ1) is 19.1. The molecule has 0 unspecified atom stereocenters. The zero-order chi connectivity index (χ0) is 17.6. The molecule has 2 rings (SSSR count). The second kappa shape index (κ2) is 8.77. The molecule has 0 saturated carbocycles. The molecule has 0 amide bonds. The van der Waals surface area contributed by atoms with E-state index >= 15 is 0 Å². The summed E-state index contributed by atoms with van der Waals surface area (Å²) in [5.74, 6) is 0.905. The first-order valence-electron chi connectivity index (χ1n) is 8.37. The summed E-state index contributed by atoms with van der Waals surface area (Å²) >= 11 is 1.71. The minimum atomic E-state index is -3.07. The van der Waals surface area contributed by atoms with Crippen LogP contribution < -0.4 is 10.6 Å². The predicted molar refractivity (Wildman–Crippen MR) is 98.9 cm³/mol. The van der Waals surface area contributed by atoms with Crippen LogP contribution in [-0.2, 0) is 23.0 Å². The van der Waals surface area contributed by atoms with Gasteiger partial charge in [-0.1, -0.05) is 6.92 Å². The van der Waals surface area contributed by atoms with Gasteiger partial charge in [-0.25, -0.2) is 17.7 Å². The smallest absolute Gasteiger partial charge is 0.213 e. The van der Waals surface area contributed by atoms with E-state index in [1.807, 2.05) is 6.20 Å². The highest BCUT2D eigenvalue weighted by atomic mass is 32.2. The van der Waals surface area contributed by atoms with Gasteiger partial charge in [0.2, 0.25) is 10.0 Å². The predicted octanol–water partition coefficient (Wildman–Crippen LogP) is 1.18. The Morgan fingerprint density at radius 1 is 1.42 bits per heavy atom. The third kappa shape index (κ3) is 5.15. The van der Waals surface area contributed by atoms with E-state index in [1.54, 1.807) is 29.6 Å². The number of hydrogen-bond donors (Lipinski definition) is 2. The van der Waals surface area contributed by atoms with Crippen LogP contribution in [0.2, 0.25) is 0 Å². The average molecular weight is 374 g/mol. The molecule has 1 fully saturated rings. The average Bonchev–Trinajstić information content (AvgIpc) is 3.07. The number of piperidine rings is 1. The Balaban J connectivity index is 1.79. The van der Waals surface area contributed by atoms with Gasteiger partial charge >= 0.3 is 0 Å². The molecule has 0 aromatic carbocycles. The summed E-state index contributed by atoms with van der Waals surface area (Å²) in [5.41, 5.74) is 0. The molecular formula is C15H27N5O2S2. The second-order valence-corrected chi connectivity index (χ2v) is 9.18. The van der Waals surface area contributed by atoms with Gasteiger partial charge < -0.3 is 10.6 Å². The molecule has 2 heterocycles. The van der Waals surface area contributed by atoms with Crippen molar-refractivity contribution < 1.29 is 8.42 Å². The molecule has 7 nitrogen and oxygen atoms in total. The lowest BCUT2D eigenvalue weighted by Gasteiger charge is -2.32. The number of aromatic nitrogens is 1. The van der Waals surface area contributed by atoms with Gasteiger partial charge in [0.15, 0.2) is 5.96 Å². The van der Waals surface area contributed by atoms with Gasteiger partial charge in [-0.15, -0.1) is 11.3 Å². The van der Waals surface area contributed by atoms with Crippen molar-refractivity contribution in [3.8, 4) is 0 Å². The summed E-state index contributed by atoms with van der Waals surface area (Å²) in [6.07, 6.45) is 4.50. The standard InChI is InChI=1S/C15H27N5O2S2/c1-4-13-10-17-14(23-13)11-18-15(16-3)19-12-6-8-20(9-7-12)24(21,22)5-2/h10,12H,4-9,11H2,1-3H3,(H2,16,18,19). The molecular weight excluding hydrogens is 346 g/mol. The van der Waals surface area contributed by atoms with Gasteiger partial charge in [0.05, 0.1) is 12.3 Å². The highest BCUT2D eigenvalue weighted by Gasteiger charge is 2.26. The maximum atomic E-state index is 11.9. The molecule has 1 aliphatic rings. The number of aryl methyl sites for hydroxylation is 1. The Kier molecular flexibility index (Phi) is 7.00. The van der Waals surface area contributed by atoms with E-state index in [4.69, 9.17) is 0 Å². The summed E-state index contributed by atoms with van der Waals surface area (Å²) in [6.45, 7) is 5.59. The van der Waals surface area contributed by atoms with Crippen LogP contribution in [0.3, 0.4) is 0 Å². The van der Waals surface area contributed by atoms with Crippen molar-refractivity contribution in [3.05, 3.63) is 16.1 Å². The molecule has 136 valence electrons. The van der Waals surface area contributed by atoms with Gasteiger partial charge in [-0.2, -0.15) is 0 Å². The van der Waals surface area contributed by atoms with Gasteiger partial charge in [-0.05, 0) is 26.2 Å². The van der Waals surface area contributed by atoms with Crippen molar-refractivity contribution in [1.82, 2.24) is 19.9 Å². The maximum Gasteiger partial charge on any atom is 0.213 e. The van der Waals surface area contributed by atoms with Crippen LogP contribution in [0.4, 0.5) is 0 Å². The molecule has 0 bridgehead atoms. The molecule has 24 heavy (non-hydrogen) atoms. The molecule has 0 atom stereocenters. The summed E-state index contributed by atoms with van der Waals surface area (Å²) in [6, 6.07) is 0.238. The molecule has 0 spiro atoms. The van der Waals surface area contributed by atoms with Crippen LogP contribution in [0, 0.1) is 0 Å². The topological polar surface area (TPSA) is 86.7 Å². The summed E-state index contributed by atoms with van der Waals surface area (Å²) in [4.78, 5) is 9.91. The SMILES string of the molecule is CCc1cnc(CNC(=NC)NC2CCN(S(=O)(=O)CC)CC2)s1. The molecule has 9 heteroatoms. The van der Waals surface area contributed by atoms with Crippen molar-refractivity contribution in [3.63, 3.8) is 0 Å². The number of aliphatic imine (C=N–C) groups is 1. The lowest BCUT2D eigenvalue weighted by Crippen LogP contribution is -2.49. The van der Waals surface area contributed by atoms with E-state index in [0.29, 0.717) is 19.6 Å². The van der Waals surface area contributed by atoms with Gasteiger partial charge in [0.25, 0.3) is 0 Å². The molecule has 0 aliphatic carbocycles. The first-order valence-corrected chi connectivity index (χ1v) is 10.8. The Labute approximate surface area is 148 Å². The van der Waals surface area contributed by atoms with Crippen LogP contribution >= 0.6 is 11.3 Å². The van der Waals surface area contributed by atoms with Crippen LogP contribution in [0.5, 0.6) is 0 Å². The molecule has 2 N–H and O–H groups in total. The Morgan fingerprint density at radius 3 is 2.67 bits per heavy atom. The maximum absolute atomic E-state index is 11.9. The first-order chi connectivity index (χ1) is 11.5. The van der Waals surface area contributed by atoms with E-state index in [1.165, 1.54) is 4.88 Å². The minimum absolute atomic E-state index is 0.169. The number of thiazole rings is 1. The van der Waals surface area contributed by atoms with Crippen molar-refractivity contribution in [2.24, 2.45) is 4.99 Å². The summed E-state index contributed by atoms with van der Waals surface area (Å²) in [5, 5.41) is 7.70. The van der Waals surface area contributed by atoms with Crippen molar-refractivity contribution >= 4 is 27.3 Å². The highest BCUT2D eigenvalue weighted by molar-refractivity contribution is 7.89. The Morgan fingerprint density at radius 2 is 2.12 bits per heavy atom. The largest absolute Gasteiger partial charge is 0.354 e. The number of sulfonamides is 1. The third-order valence-corrected chi connectivity index (χ3v) is 7.16. The fourth-order valence-electron chi connectivity index (χ4n) is 2.60. The zero-order valence-corrected chi connectivity index (χ0v) is 16.2. The number of rotatable bonds is 6. The van der Waals surface area contributed by atoms with Crippen molar-refractivity contribution in [1.29, 1.82) is 0 Å². The monoisotopic (exact) mass is 373 g/mol. The normalized spacial score (nSPS) is 17.9. The van der Waals surface area contributed by atoms with E-state index in [0.717, 1.165) is 30.2 Å². The van der Waals surface area contributed by atoms with Crippen LogP contribution in [0.15, 0.2) is 11.2 Å². The molecule has 0 radical (unpaired) electrons. The number of guanidine groups is 1. The second-order valence-electron chi connectivity index (χ2n) is 5.72. The van der Waals surface area contributed by atoms with E-state index in [2.05, 4.69) is 27.5 Å². The Hall–Kier alpha value is -1.19. The molecule has 1 aliphatic heterocycles. The van der Waals surface area contributed by atoms with Gasteiger partial charge in [-0.3, -0.25) is 4.99 Å². The van der Waals surface area contributed by atoms with Gasteiger partial charge in [0.1, 0.15) is 5.01 Å². The van der Waals surface area contributed by atoms with E-state index in [-0.39, 0.29) is 11.8 Å². The van der Waals surface area contributed by atoms with Crippen LogP contribution in [0.1, 0.15) is 36.6 Å². The van der Waals surface area contributed by atoms with Crippen LogP contribution in [0.25, 0.3) is 0 Å². The van der Waals surface area contributed by atoms with Crippen molar-refractivity contribution in [2.75, 3.05) is 25.9 Å². The number of hydrogen-bond acceptors (Lipinski definition) is 5. The lowest BCUT2D eigenvalue weighted by molar-refractivity contribution is 0.306. The lowest BCUT2D eigenvalue weighted by atomic mass is 10.1. The highest BCUT2D eigenvalue weighted by Crippen LogP contribution is 2.15. The minimum Gasteiger partial charge on any atom is -0.354 e. The summed E-state index contributed by atoms with van der Waals surface area (Å²) in [7, 11) is -1.33. The fourth-order valence-corrected chi connectivity index (χ4v) is 4.54. The third-order valence-electron chi connectivity index (χ3n) is 4.13. The van der Waals surface area contributed by atoms with Gasteiger partial charge in [0, 0.05) is 37.3 Å². The fraction of sp³-hybridized carbons (Fsp3) is 0.733. The van der Waals surface area contributed by atoms with Crippen LogP contribution in [-0.4, -0.2) is 55.6 Å².